The number of carbonyl (C=O) groups is 1. The van der Waals surface area contributed by atoms with Crippen molar-refractivity contribution < 1.29 is 13.2 Å². The number of hydrogen-bond acceptors (Lipinski definition) is 3. The normalized spacial score (nSPS) is 20.9. The zero-order valence-electron chi connectivity index (χ0n) is 14.1. The van der Waals surface area contributed by atoms with E-state index >= 15 is 0 Å². The molecule has 2 rings (SSSR count). The highest BCUT2D eigenvalue weighted by molar-refractivity contribution is 7.88. The number of aryl methyl sites for hydroxylation is 1. The van der Waals surface area contributed by atoms with E-state index in [0.29, 0.717) is 6.54 Å². The van der Waals surface area contributed by atoms with Gasteiger partial charge in [-0.2, -0.15) is 0 Å². The number of amides is 1. The van der Waals surface area contributed by atoms with Crippen LogP contribution in [0.15, 0.2) is 24.3 Å². The van der Waals surface area contributed by atoms with E-state index < -0.39 is 10.0 Å². The topological polar surface area (TPSA) is 66.5 Å². The first kappa shape index (κ1) is 17.9. The van der Waals surface area contributed by atoms with Crippen molar-refractivity contribution in [2.24, 2.45) is 5.92 Å². The predicted octanol–water partition coefficient (Wildman–Crippen LogP) is 2.23. The maximum atomic E-state index is 12.5. The summed E-state index contributed by atoms with van der Waals surface area (Å²) in [5.74, 6) is -0.316. The molecular weight excluding hydrogens is 312 g/mol. The first-order valence-corrected chi connectivity index (χ1v) is 9.98. The number of nitrogens with zero attached hydrogens (tertiary/aromatic N) is 1. The molecule has 1 fully saturated rings. The van der Waals surface area contributed by atoms with Crippen LogP contribution in [0.4, 0.5) is 0 Å². The summed E-state index contributed by atoms with van der Waals surface area (Å²) in [5.41, 5.74) is 2.27. The smallest absolute Gasteiger partial charge is 0.224 e. The standard InChI is InChI=1S/C17H26N2O3S/c1-4-16(14-9-7-13(2)8-10-14)18-17(20)15-6-5-11-19(12-15)23(3,21)22/h7-10,15-16H,4-6,11-12H2,1-3H3,(H,18,20)/t15-,16-/m1/s1. The average molecular weight is 338 g/mol. The van der Waals surface area contributed by atoms with Crippen LogP contribution in [0.3, 0.4) is 0 Å². The second kappa shape index (κ2) is 7.45. The SMILES string of the molecule is CC[C@@H](NC(=O)[C@@H]1CCCN(S(C)(=O)=O)C1)c1ccc(C)cc1. The zero-order valence-corrected chi connectivity index (χ0v) is 14.9. The highest BCUT2D eigenvalue weighted by Gasteiger charge is 2.31. The van der Waals surface area contributed by atoms with E-state index in [-0.39, 0.29) is 24.4 Å². The van der Waals surface area contributed by atoms with Gasteiger partial charge in [0.25, 0.3) is 0 Å². The van der Waals surface area contributed by atoms with Crippen molar-refractivity contribution in [3.63, 3.8) is 0 Å². The maximum absolute atomic E-state index is 12.5. The lowest BCUT2D eigenvalue weighted by molar-refractivity contribution is -0.126. The summed E-state index contributed by atoms with van der Waals surface area (Å²) in [7, 11) is -3.23. The predicted molar refractivity (Wildman–Crippen MR) is 91.5 cm³/mol. The molecule has 1 N–H and O–H groups in total. The van der Waals surface area contributed by atoms with Crippen LogP contribution in [0, 0.1) is 12.8 Å². The maximum Gasteiger partial charge on any atom is 0.224 e. The van der Waals surface area contributed by atoms with Gasteiger partial charge in [0.05, 0.1) is 18.2 Å². The molecule has 1 aliphatic heterocycles. The first-order chi connectivity index (χ1) is 10.8. The molecule has 1 saturated heterocycles. The van der Waals surface area contributed by atoms with E-state index in [1.807, 2.05) is 38.1 Å². The van der Waals surface area contributed by atoms with Gasteiger partial charge in [0.1, 0.15) is 0 Å². The summed E-state index contributed by atoms with van der Waals surface area (Å²) in [6.45, 7) is 4.87. The fourth-order valence-corrected chi connectivity index (χ4v) is 3.88. The molecule has 0 aliphatic carbocycles. The quantitative estimate of drug-likeness (QED) is 0.895. The Kier molecular flexibility index (Phi) is 5.81. The molecule has 0 unspecified atom stereocenters. The van der Waals surface area contributed by atoms with Crippen molar-refractivity contribution in [1.82, 2.24) is 9.62 Å². The van der Waals surface area contributed by atoms with Gasteiger partial charge in [0.2, 0.25) is 15.9 Å². The lowest BCUT2D eigenvalue weighted by Gasteiger charge is -2.31. The van der Waals surface area contributed by atoms with Gasteiger partial charge in [-0.15, -0.1) is 0 Å². The Labute approximate surface area is 139 Å². The third kappa shape index (κ3) is 4.78. The molecule has 6 heteroatoms. The molecule has 0 radical (unpaired) electrons. The van der Waals surface area contributed by atoms with Crippen LogP contribution in [0.2, 0.25) is 0 Å². The highest BCUT2D eigenvalue weighted by Crippen LogP contribution is 2.22. The minimum absolute atomic E-state index is 0.0308. The summed E-state index contributed by atoms with van der Waals surface area (Å²) < 4.78 is 24.8. The van der Waals surface area contributed by atoms with Crippen LogP contribution in [-0.4, -0.2) is 38.0 Å². The summed E-state index contributed by atoms with van der Waals surface area (Å²) in [5, 5.41) is 3.08. The highest BCUT2D eigenvalue weighted by atomic mass is 32.2. The molecule has 0 spiro atoms. The molecule has 0 saturated carbocycles. The van der Waals surface area contributed by atoms with Gasteiger partial charge in [0, 0.05) is 13.1 Å². The van der Waals surface area contributed by atoms with Gasteiger partial charge in [-0.3, -0.25) is 4.79 Å². The van der Waals surface area contributed by atoms with Crippen molar-refractivity contribution in [2.75, 3.05) is 19.3 Å². The van der Waals surface area contributed by atoms with Gasteiger partial charge >= 0.3 is 0 Å². The van der Waals surface area contributed by atoms with Gasteiger partial charge in [-0.25, -0.2) is 12.7 Å². The largest absolute Gasteiger partial charge is 0.349 e. The van der Waals surface area contributed by atoms with Gasteiger partial charge in [0.15, 0.2) is 0 Å². The van der Waals surface area contributed by atoms with E-state index in [1.165, 1.54) is 16.1 Å². The number of sulfonamides is 1. The molecular formula is C17H26N2O3S. The lowest BCUT2D eigenvalue weighted by Crippen LogP contribution is -2.45. The van der Waals surface area contributed by atoms with Crippen molar-refractivity contribution in [3.05, 3.63) is 35.4 Å². The molecule has 1 aliphatic rings. The molecule has 1 heterocycles. The zero-order chi connectivity index (χ0) is 17.0. The fourth-order valence-electron chi connectivity index (χ4n) is 2.97. The van der Waals surface area contributed by atoms with Crippen LogP contribution in [0.25, 0.3) is 0 Å². The summed E-state index contributed by atoms with van der Waals surface area (Å²) in [6, 6.07) is 8.12. The number of hydrogen-bond donors (Lipinski definition) is 1. The summed E-state index contributed by atoms with van der Waals surface area (Å²) in [6.07, 6.45) is 3.47. The molecule has 128 valence electrons. The molecule has 5 nitrogen and oxygen atoms in total. The summed E-state index contributed by atoms with van der Waals surface area (Å²) >= 11 is 0. The molecule has 1 amide bonds. The van der Waals surface area contributed by atoms with E-state index in [2.05, 4.69) is 5.32 Å². The minimum Gasteiger partial charge on any atom is -0.349 e. The van der Waals surface area contributed by atoms with Crippen LogP contribution >= 0.6 is 0 Å². The second-order valence-electron chi connectivity index (χ2n) is 6.34. The van der Waals surface area contributed by atoms with Crippen LogP contribution in [0.5, 0.6) is 0 Å². The molecule has 0 aromatic heterocycles. The molecule has 1 aromatic rings. The van der Waals surface area contributed by atoms with Gasteiger partial charge < -0.3 is 5.32 Å². The van der Waals surface area contributed by atoms with E-state index in [0.717, 1.165) is 24.8 Å². The summed E-state index contributed by atoms with van der Waals surface area (Å²) in [4.78, 5) is 12.5. The Balaban J connectivity index is 2.03. The molecule has 1 aromatic carbocycles. The Morgan fingerprint density at radius 1 is 1.35 bits per heavy atom. The monoisotopic (exact) mass is 338 g/mol. The van der Waals surface area contributed by atoms with Crippen molar-refractivity contribution in [1.29, 1.82) is 0 Å². The van der Waals surface area contributed by atoms with Crippen molar-refractivity contribution >= 4 is 15.9 Å². The Bertz CT molecular complexity index is 640. The molecule has 2 atom stereocenters. The molecule has 23 heavy (non-hydrogen) atoms. The van der Waals surface area contributed by atoms with Crippen molar-refractivity contribution in [2.45, 2.75) is 39.2 Å². The van der Waals surface area contributed by atoms with Crippen LogP contribution < -0.4 is 5.32 Å². The second-order valence-corrected chi connectivity index (χ2v) is 8.32. The van der Waals surface area contributed by atoms with E-state index in [4.69, 9.17) is 0 Å². The number of benzene rings is 1. The third-order valence-corrected chi connectivity index (χ3v) is 5.70. The van der Waals surface area contributed by atoms with Gasteiger partial charge in [-0.05, 0) is 31.7 Å². The van der Waals surface area contributed by atoms with E-state index in [1.54, 1.807) is 0 Å². The first-order valence-electron chi connectivity index (χ1n) is 8.13. The molecule has 0 bridgehead atoms. The Morgan fingerprint density at radius 2 is 2.00 bits per heavy atom. The number of nitrogens with one attached hydrogen (secondary N) is 1. The average Bonchev–Trinajstić information content (AvgIpc) is 2.52. The fraction of sp³-hybridized carbons (Fsp3) is 0.588. The van der Waals surface area contributed by atoms with E-state index in [9.17, 15) is 13.2 Å². The third-order valence-electron chi connectivity index (χ3n) is 4.43. The lowest BCUT2D eigenvalue weighted by atomic mass is 9.97. The van der Waals surface area contributed by atoms with Crippen LogP contribution in [-0.2, 0) is 14.8 Å². The number of rotatable bonds is 5. The van der Waals surface area contributed by atoms with Crippen molar-refractivity contribution in [3.8, 4) is 0 Å². The van der Waals surface area contributed by atoms with Gasteiger partial charge in [-0.1, -0.05) is 36.8 Å². The number of piperidine rings is 1. The Hall–Kier alpha value is -1.40. The number of carbonyl (C=O) groups excluding carboxylic acids is 1. The minimum atomic E-state index is -3.23. The van der Waals surface area contributed by atoms with Crippen LogP contribution in [0.1, 0.15) is 43.4 Å². The Morgan fingerprint density at radius 3 is 2.57 bits per heavy atom.